The minimum atomic E-state index is -0.422. The maximum Gasteiger partial charge on any atom is 0.224 e. The van der Waals surface area contributed by atoms with Crippen molar-refractivity contribution in [2.24, 2.45) is 0 Å². The van der Waals surface area contributed by atoms with Crippen molar-refractivity contribution < 1.29 is 4.74 Å². The van der Waals surface area contributed by atoms with E-state index >= 15 is 0 Å². The molecule has 2 rings (SSSR count). The molecule has 84 valence electrons. The van der Waals surface area contributed by atoms with Crippen LogP contribution in [0.2, 0.25) is 5.28 Å². The van der Waals surface area contributed by atoms with E-state index in [1.54, 1.807) is 6.20 Å². The lowest BCUT2D eigenvalue weighted by Gasteiger charge is -2.31. The van der Waals surface area contributed by atoms with E-state index < -0.39 is 6.10 Å². The van der Waals surface area contributed by atoms with E-state index in [1.165, 1.54) is 0 Å². The number of nitrogens with zero attached hydrogens (tertiary/aromatic N) is 4. The van der Waals surface area contributed by atoms with Gasteiger partial charge in [0, 0.05) is 12.7 Å². The van der Waals surface area contributed by atoms with E-state index in [0.29, 0.717) is 25.5 Å². The number of nitriles is 1. The van der Waals surface area contributed by atoms with Gasteiger partial charge in [0.25, 0.3) is 0 Å². The van der Waals surface area contributed by atoms with Gasteiger partial charge in [-0.05, 0) is 27.5 Å². The maximum atomic E-state index is 8.81. The third-order valence-electron chi connectivity index (χ3n) is 2.21. The van der Waals surface area contributed by atoms with Crippen LogP contribution in [0.3, 0.4) is 0 Å². The van der Waals surface area contributed by atoms with Crippen LogP contribution < -0.4 is 4.90 Å². The van der Waals surface area contributed by atoms with Crippen molar-refractivity contribution in [3.63, 3.8) is 0 Å². The summed E-state index contributed by atoms with van der Waals surface area (Å²) >= 11 is 9.10. The molecule has 2 heterocycles. The summed E-state index contributed by atoms with van der Waals surface area (Å²) < 4.78 is 6.01. The van der Waals surface area contributed by atoms with Crippen molar-refractivity contribution in [3.8, 4) is 6.07 Å². The molecule has 1 atom stereocenters. The third-order valence-corrected chi connectivity index (χ3v) is 2.95. The normalized spacial score (nSPS) is 20.6. The van der Waals surface area contributed by atoms with Crippen LogP contribution in [0.1, 0.15) is 0 Å². The first-order valence-corrected chi connectivity index (χ1v) is 5.82. The SMILES string of the molecule is N#CC1CN(c2nc(Cl)ncc2Br)CCO1. The number of morpholine rings is 1. The summed E-state index contributed by atoms with van der Waals surface area (Å²) in [5.74, 6) is 0.698. The lowest BCUT2D eigenvalue weighted by molar-refractivity contribution is 0.0761. The number of anilines is 1. The fourth-order valence-corrected chi connectivity index (χ4v) is 2.05. The van der Waals surface area contributed by atoms with Crippen LogP contribution in [-0.4, -0.2) is 35.8 Å². The molecular formula is C9H8BrClN4O. The highest BCUT2D eigenvalue weighted by molar-refractivity contribution is 9.10. The third kappa shape index (κ3) is 2.43. The van der Waals surface area contributed by atoms with Gasteiger partial charge >= 0.3 is 0 Å². The van der Waals surface area contributed by atoms with Crippen LogP contribution in [0, 0.1) is 11.3 Å². The zero-order valence-electron chi connectivity index (χ0n) is 8.23. The number of rotatable bonds is 1. The van der Waals surface area contributed by atoms with Crippen molar-refractivity contribution in [1.29, 1.82) is 5.26 Å². The summed E-state index contributed by atoms with van der Waals surface area (Å²) in [5, 5.41) is 9.00. The molecule has 0 saturated carbocycles. The van der Waals surface area contributed by atoms with Crippen molar-refractivity contribution in [2.45, 2.75) is 6.10 Å². The van der Waals surface area contributed by atoms with Gasteiger partial charge in [-0.2, -0.15) is 10.2 Å². The summed E-state index contributed by atoms with van der Waals surface area (Å²) in [7, 11) is 0. The van der Waals surface area contributed by atoms with Gasteiger partial charge in [0.1, 0.15) is 5.82 Å². The molecule has 1 aromatic rings. The molecule has 0 N–H and O–H groups in total. The van der Waals surface area contributed by atoms with E-state index in [1.807, 2.05) is 4.90 Å². The summed E-state index contributed by atoms with van der Waals surface area (Å²) in [6.45, 7) is 1.68. The Hall–Kier alpha value is -0.900. The Kier molecular flexibility index (Phi) is 3.59. The van der Waals surface area contributed by atoms with Gasteiger partial charge in [0.2, 0.25) is 5.28 Å². The van der Waals surface area contributed by atoms with E-state index in [2.05, 4.69) is 32.0 Å². The Labute approximate surface area is 106 Å². The quantitative estimate of drug-likeness (QED) is 0.738. The van der Waals surface area contributed by atoms with Crippen molar-refractivity contribution >= 4 is 33.3 Å². The second-order valence-electron chi connectivity index (χ2n) is 3.25. The van der Waals surface area contributed by atoms with Gasteiger partial charge in [0.05, 0.1) is 23.7 Å². The Balaban J connectivity index is 2.23. The number of hydrogen-bond acceptors (Lipinski definition) is 5. The minimum Gasteiger partial charge on any atom is -0.360 e. The van der Waals surface area contributed by atoms with Crippen LogP contribution in [-0.2, 0) is 4.74 Å². The predicted octanol–water partition coefficient (Wildman–Crippen LogP) is 1.62. The van der Waals surface area contributed by atoms with Crippen molar-refractivity contribution in [3.05, 3.63) is 16.0 Å². The highest BCUT2D eigenvalue weighted by Crippen LogP contribution is 2.25. The summed E-state index contributed by atoms with van der Waals surface area (Å²) in [6.07, 6.45) is 1.18. The summed E-state index contributed by atoms with van der Waals surface area (Å²) in [5.41, 5.74) is 0. The molecule has 7 heteroatoms. The molecule has 0 aromatic carbocycles. The molecule has 0 amide bonds. The standard InChI is InChI=1S/C9H8BrClN4O/c10-7-4-13-9(11)14-8(7)15-1-2-16-6(3-12)5-15/h4,6H,1-2,5H2. The fourth-order valence-electron chi connectivity index (χ4n) is 1.48. The highest BCUT2D eigenvalue weighted by Gasteiger charge is 2.22. The van der Waals surface area contributed by atoms with Crippen LogP contribution >= 0.6 is 27.5 Å². The maximum absolute atomic E-state index is 8.81. The first kappa shape index (κ1) is 11.6. The molecule has 1 saturated heterocycles. The number of aromatic nitrogens is 2. The predicted molar refractivity (Wildman–Crippen MR) is 62.3 cm³/mol. The number of ether oxygens (including phenoxy) is 1. The van der Waals surface area contributed by atoms with Crippen LogP contribution in [0.4, 0.5) is 5.82 Å². The molecule has 0 radical (unpaired) electrons. The molecule has 0 bridgehead atoms. The van der Waals surface area contributed by atoms with Gasteiger partial charge in [-0.3, -0.25) is 0 Å². The molecule has 1 aliphatic rings. The first-order valence-electron chi connectivity index (χ1n) is 4.65. The average Bonchev–Trinajstić information content (AvgIpc) is 2.32. The number of halogens is 2. The monoisotopic (exact) mass is 302 g/mol. The number of hydrogen-bond donors (Lipinski definition) is 0. The fraction of sp³-hybridized carbons (Fsp3) is 0.444. The van der Waals surface area contributed by atoms with Gasteiger partial charge in [-0.25, -0.2) is 4.98 Å². The Morgan fingerprint density at radius 1 is 1.69 bits per heavy atom. The van der Waals surface area contributed by atoms with Crippen molar-refractivity contribution in [2.75, 3.05) is 24.6 Å². The molecule has 1 aliphatic heterocycles. The Bertz CT molecular complexity index is 436. The van der Waals surface area contributed by atoms with Gasteiger partial charge in [-0.1, -0.05) is 0 Å². The molecule has 16 heavy (non-hydrogen) atoms. The molecule has 0 spiro atoms. The molecular weight excluding hydrogens is 295 g/mol. The van der Waals surface area contributed by atoms with E-state index in [4.69, 9.17) is 21.6 Å². The Morgan fingerprint density at radius 3 is 3.25 bits per heavy atom. The second kappa shape index (κ2) is 4.95. The van der Waals surface area contributed by atoms with E-state index in [-0.39, 0.29) is 5.28 Å². The lowest BCUT2D eigenvalue weighted by atomic mass is 10.3. The zero-order valence-corrected chi connectivity index (χ0v) is 10.6. The van der Waals surface area contributed by atoms with Crippen LogP contribution in [0.5, 0.6) is 0 Å². The lowest BCUT2D eigenvalue weighted by Crippen LogP contribution is -2.42. The van der Waals surface area contributed by atoms with Gasteiger partial charge in [0.15, 0.2) is 6.10 Å². The zero-order chi connectivity index (χ0) is 11.5. The van der Waals surface area contributed by atoms with Crippen molar-refractivity contribution in [1.82, 2.24) is 9.97 Å². The second-order valence-corrected chi connectivity index (χ2v) is 4.44. The van der Waals surface area contributed by atoms with Gasteiger partial charge in [-0.15, -0.1) is 0 Å². The summed E-state index contributed by atoms with van der Waals surface area (Å²) in [6, 6.07) is 2.08. The van der Waals surface area contributed by atoms with E-state index in [0.717, 1.165) is 4.47 Å². The topological polar surface area (TPSA) is 62.0 Å². The van der Waals surface area contributed by atoms with Crippen LogP contribution in [0.25, 0.3) is 0 Å². The molecule has 0 aliphatic carbocycles. The average molecular weight is 304 g/mol. The highest BCUT2D eigenvalue weighted by atomic mass is 79.9. The van der Waals surface area contributed by atoms with Gasteiger partial charge < -0.3 is 9.64 Å². The molecule has 1 aromatic heterocycles. The summed E-state index contributed by atoms with van der Waals surface area (Å²) in [4.78, 5) is 9.94. The van der Waals surface area contributed by atoms with Crippen LogP contribution in [0.15, 0.2) is 10.7 Å². The minimum absolute atomic E-state index is 0.193. The first-order chi connectivity index (χ1) is 7.70. The largest absolute Gasteiger partial charge is 0.360 e. The smallest absolute Gasteiger partial charge is 0.224 e. The Morgan fingerprint density at radius 2 is 2.50 bits per heavy atom. The van der Waals surface area contributed by atoms with E-state index in [9.17, 15) is 0 Å². The molecule has 1 fully saturated rings. The molecule has 1 unspecified atom stereocenters. The molecule has 5 nitrogen and oxygen atoms in total.